The molecule has 0 aliphatic carbocycles. The lowest BCUT2D eigenvalue weighted by Gasteiger charge is -2.08. The second-order valence-electron chi connectivity index (χ2n) is 4.32. The summed E-state index contributed by atoms with van der Waals surface area (Å²) in [6, 6.07) is 0. The Morgan fingerprint density at radius 3 is 3.24 bits per heavy atom. The summed E-state index contributed by atoms with van der Waals surface area (Å²) in [5.74, 6) is 1.39. The maximum absolute atomic E-state index is 11.2. The van der Waals surface area contributed by atoms with Gasteiger partial charge in [-0.05, 0) is 25.9 Å². The van der Waals surface area contributed by atoms with Crippen LogP contribution in [0.2, 0.25) is 0 Å². The first-order valence-corrected chi connectivity index (χ1v) is 6.62. The number of aromatic amines is 1. The summed E-state index contributed by atoms with van der Waals surface area (Å²) in [7, 11) is 3.51. The van der Waals surface area contributed by atoms with Crippen molar-refractivity contribution in [3.63, 3.8) is 0 Å². The maximum Gasteiger partial charge on any atom is 0.356 e. The number of hydrogen-bond donors (Lipinski definition) is 1. The molecule has 0 saturated carbocycles. The first kappa shape index (κ1) is 12.4. The van der Waals surface area contributed by atoms with Gasteiger partial charge in [-0.15, -0.1) is 0 Å². The van der Waals surface area contributed by atoms with Crippen LogP contribution < -0.4 is 0 Å². The number of hydrogen-bond acceptors (Lipinski definition) is 5. The number of aromatic nitrogens is 2. The highest BCUT2D eigenvalue weighted by molar-refractivity contribution is 7.99. The molecule has 1 aromatic rings. The number of nitrogens with one attached hydrogen (secondary N) is 1. The number of methoxy groups -OCH3 is 1. The molecule has 0 radical (unpaired) electrons. The van der Waals surface area contributed by atoms with Crippen LogP contribution in [0.15, 0.2) is 11.4 Å². The molecule has 0 aromatic carbocycles. The Labute approximate surface area is 105 Å². The third kappa shape index (κ3) is 3.23. The van der Waals surface area contributed by atoms with Crippen LogP contribution >= 0.6 is 11.8 Å². The topological polar surface area (TPSA) is 58.2 Å². The predicted molar refractivity (Wildman–Crippen MR) is 66.3 cm³/mol. The minimum atomic E-state index is -0.370. The molecule has 1 unspecified atom stereocenters. The van der Waals surface area contributed by atoms with Crippen LogP contribution in [0.4, 0.5) is 0 Å². The maximum atomic E-state index is 11.2. The summed E-state index contributed by atoms with van der Waals surface area (Å²) in [6.07, 6.45) is 2.77. The third-order valence-corrected chi connectivity index (χ3v) is 4.02. The van der Waals surface area contributed by atoms with Gasteiger partial charge >= 0.3 is 5.97 Å². The Bertz CT molecular complexity index is 394. The Morgan fingerprint density at radius 1 is 1.76 bits per heavy atom. The van der Waals surface area contributed by atoms with E-state index in [1.165, 1.54) is 26.3 Å². The molecule has 1 atom stereocenters. The normalized spacial score (nSPS) is 20.7. The van der Waals surface area contributed by atoms with E-state index in [0.29, 0.717) is 5.69 Å². The van der Waals surface area contributed by atoms with Crippen molar-refractivity contribution in [2.24, 2.45) is 5.92 Å². The van der Waals surface area contributed by atoms with Crippen LogP contribution in [-0.4, -0.2) is 53.8 Å². The van der Waals surface area contributed by atoms with Crippen molar-refractivity contribution in [1.29, 1.82) is 0 Å². The third-order valence-electron chi connectivity index (χ3n) is 2.90. The first-order chi connectivity index (χ1) is 8.19. The van der Waals surface area contributed by atoms with E-state index in [0.717, 1.165) is 23.4 Å². The lowest BCUT2D eigenvalue weighted by Crippen LogP contribution is -2.14. The molecule has 1 N–H and O–H groups in total. The molecule has 1 aliphatic rings. The van der Waals surface area contributed by atoms with Gasteiger partial charge in [0, 0.05) is 12.3 Å². The summed E-state index contributed by atoms with van der Waals surface area (Å²) in [4.78, 5) is 20.7. The molecule has 1 aromatic heterocycles. The average molecular weight is 255 g/mol. The Kier molecular flexibility index (Phi) is 4.06. The quantitative estimate of drug-likeness (QED) is 0.648. The van der Waals surface area contributed by atoms with Crippen molar-refractivity contribution in [2.75, 3.05) is 33.0 Å². The zero-order valence-electron chi connectivity index (χ0n) is 10.1. The second kappa shape index (κ2) is 5.55. The smallest absolute Gasteiger partial charge is 0.356 e. The zero-order chi connectivity index (χ0) is 12.3. The van der Waals surface area contributed by atoms with Gasteiger partial charge in [-0.1, -0.05) is 11.8 Å². The van der Waals surface area contributed by atoms with Gasteiger partial charge in [-0.2, -0.15) is 0 Å². The Hall–Kier alpha value is -1.01. The van der Waals surface area contributed by atoms with E-state index in [9.17, 15) is 4.79 Å². The lowest BCUT2D eigenvalue weighted by atomic mass is 10.2. The zero-order valence-corrected chi connectivity index (χ0v) is 10.9. The number of ether oxygens (including phenoxy) is 1. The SMILES string of the molecule is COC(=O)c1cnc(SCC2CCN(C)C2)[nH]1. The van der Waals surface area contributed by atoms with Crippen molar-refractivity contribution in [2.45, 2.75) is 11.6 Å². The minimum Gasteiger partial charge on any atom is -0.464 e. The van der Waals surface area contributed by atoms with Gasteiger partial charge in [0.25, 0.3) is 0 Å². The fourth-order valence-electron chi connectivity index (χ4n) is 1.95. The standard InChI is InChI=1S/C11H17N3O2S/c1-14-4-3-8(6-14)7-17-11-12-5-9(13-11)10(15)16-2/h5,8H,3-4,6-7H2,1-2H3,(H,12,13). The molecule has 2 rings (SSSR count). The summed E-state index contributed by atoms with van der Waals surface area (Å²) >= 11 is 1.67. The van der Waals surface area contributed by atoms with E-state index in [1.807, 2.05) is 0 Å². The number of carbonyl (C=O) groups is 1. The molecule has 0 bridgehead atoms. The van der Waals surface area contributed by atoms with Crippen LogP contribution in [0.3, 0.4) is 0 Å². The van der Waals surface area contributed by atoms with E-state index >= 15 is 0 Å². The molecule has 1 fully saturated rings. The van der Waals surface area contributed by atoms with E-state index < -0.39 is 0 Å². The van der Waals surface area contributed by atoms with Gasteiger partial charge in [-0.3, -0.25) is 0 Å². The number of imidazole rings is 1. The van der Waals surface area contributed by atoms with Gasteiger partial charge in [0.05, 0.1) is 13.3 Å². The molecular formula is C11H17N3O2S. The molecule has 94 valence electrons. The van der Waals surface area contributed by atoms with Crippen molar-refractivity contribution in [3.05, 3.63) is 11.9 Å². The molecule has 17 heavy (non-hydrogen) atoms. The van der Waals surface area contributed by atoms with Gasteiger partial charge in [0.2, 0.25) is 0 Å². The molecule has 6 heteroatoms. The highest BCUT2D eigenvalue weighted by Gasteiger charge is 2.20. The van der Waals surface area contributed by atoms with Gasteiger partial charge in [0.1, 0.15) is 5.69 Å². The molecular weight excluding hydrogens is 238 g/mol. The van der Waals surface area contributed by atoms with E-state index in [1.54, 1.807) is 11.8 Å². The van der Waals surface area contributed by atoms with Crippen LogP contribution in [0.1, 0.15) is 16.9 Å². The fraction of sp³-hybridized carbons (Fsp3) is 0.636. The number of thioether (sulfide) groups is 1. The summed E-state index contributed by atoms with van der Waals surface area (Å²) in [6.45, 7) is 2.33. The molecule has 0 spiro atoms. The van der Waals surface area contributed by atoms with E-state index in [2.05, 4.69) is 26.7 Å². The highest BCUT2D eigenvalue weighted by atomic mass is 32.2. The number of rotatable bonds is 4. The summed E-state index contributed by atoms with van der Waals surface area (Å²) in [5, 5.41) is 0.792. The first-order valence-electron chi connectivity index (χ1n) is 5.63. The van der Waals surface area contributed by atoms with Crippen LogP contribution in [-0.2, 0) is 4.74 Å². The second-order valence-corrected chi connectivity index (χ2v) is 5.33. The molecule has 5 nitrogen and oxygen atoms in total. The predicted octanol–water partition coefficient (Wildman–Crippen LogP) is 1.24. The number of carbonyl (C=O) groups excluding carboxylic acids is 1. The van der Waals surface area contributed by atoms with Crippen molar-refractivity contribution in [1.82, 2.24) is 14.9 Å². The van der Waals surface area contributed by atoms with Crippen molar-refractivity contribution in [3.8, 4) is 0 Å². The molecule has 1 aliphatic heterocycles. The van der Waals surface area contributed by atoms with Gasteiger partial charge < -0.3 is 14.6 Å². The number of esters is 1. The minimum absolute atomic E-state index is 0.370. The lowest BCUT2D eigenvalue weighted by molar-refractivity contribution is 0.0594. The molecule has 0 amide bonds. The largest absolute Gasteiger partial charge is 0.464 e. The molecule has 2 heterocycles. The highest BCUT2D eigenvalue weighted by Crippen LogP contribution is 2.23. The van der Waals surface area contributed by atoms with Crippen LogP contribution in [0, 0.1) is 5.92 Å². The Morgan fingerprint density at radius 2 is 2.59 bits per heavy atom. The summed E-state index contributed by atoms with van der Waals surface area (Å²) < 4.78 is 4.62. The van der Waals surface area contributed by atoms with Crippen LogP contribution in [0.25, 0.3) is 0 Å². The average Bonchev–Trinajstić information content (AvgIpc) is 2.94. The van der Waals surface area contributed by atoms with Crippen LogP contribution in [0.5, 0.6) is 0 Å². The number of nitrogens with zero attached hydrogens (tertiary/aromatic N) is 2. The van der Waals surface area contributed by atoms with Crippen molar-refractivity contribution < 1.29 is 9.53 Å². The van der Waals surface area contributed by atoms with Crippen molar-refractivity contribution >= 4 is 17.7 Å². The van der Waals surface area contributed by atoms with E-state index in [-0.39, 0.29) is 5.97 Å². The summed E-state index contributed by atoms with van der Waals surface area (Å²) in [5.41, 5.74) is 0.415. The van der Waals surface area contributed by atoms with E-state index in [4.69, 9.17) is 0 Å². The molecule has 1 saturated heterocycles. The van der Waals surface area contributed by atoms with Gasteiger partial charge in [-0.25, -0.2) is 9.78 Å². The monoisotopic (exact) mass is 255 g/mol. The Balaban J connectivity index is 1.83. The van der Waals surface area contributed by atoms with Gasteiger partial charge in [0.15, 0.2) is 5.16 Å². The number of likely N-dealkylation sites (tertiary alicyclic amines) is 1. The number of H-pyrrole nitrogens is 1. The fourth-order valence-corrected chi connectivity index (χ4v) is 2.92.